The first-order valence-corrected chi connectivity index (χ1v) is 6.31. The van der Waals surface area contributed by atoms with E-state index in [0.29, 0.717) is 12.5 Å². The van der Waals surface area contributed by atoms with E-state index >= 15 is 0 Å². The lowest BCUT2D eigenvalue weighted by Crippen LogP contribution is -2.32. The molecule has 98 valence electrons. The molecule has 2 rings (SSSR count). The van der Waals surface area contributed by atoms with Gasteiger partial charge in [0.1, 0.15) is 0 Å². The van der Waals surface area contributed by atoms with Gasteiger partial charge in [-0.15, -0.1) is 0 Å². The van der Waals surface area contributed by atoms with Crippen molar-refractivity contribution < 1.29 is 4.79 Å². The van der Waals surface area contributed by atoms with Gasteiger partial charge in [-0.25, -0.2) is 0 Å². The molecule has 0 bridgehead atoms. The number of carbonyl (C=O) groups is 1. The van der Waals surface area contributed by atoms with Crippen molar-refractivity contribution >= 4 is 11.6 Å². The van der Waals surface area contributed by atoms with Crippen molar-refractivity contribution in [2.75, 3.05) is 32.1 Å². The molecule has 0 spiro atoms. The van der Waals surface area contributed by atoms with E-state index in [1.54, 1.807) is 0 Å². The average Bonchev–Trinajstić information content (AvgIpc) is 2.69. The van der Waals surface area contributed by atoms with Crippen molar-refractivity contribution in [1.82, 2.24) is 4.90 Å². The highest BCUT2D eigenvalue weighted by Gasteiger charge is 2.30. The van der Waals surface area contributed by atoms with Crippen molar-refractivity contribution in [3.05, 3.63) is 29.8 Å². The minimum atomic E-state index is 0.0834. The highest BCUT2D eigenvalue weighted by Crippen LogP contribution is 2.19. The summed E-state index contributed by atoms with van der Waals surface area (Å²) in [7, 11) is 3.97. The van der Waals surface area contributed by atoms with Crippen LogP contribution in [0.1, 0.15) is 17.3 Å². The normalized spacial score (nSPS) is 23.2. The Balaban J connectivity index is 2.10. The zero-order chi connectivity index (χ0) is 13.3. The van der Waals surface area contributed by atoms with Crippen LogP contribution in [0.15, 0.2) is 24.3 Å². The van der Waals surface area contributed by atoms with Gasteiger partial charge >= 0.3 is 0 Å². The van der Waals surface area contributed by atoms with Crippen LogP contribution >= 0.6 is 0 Å². The van der Waals surface area contributed by atoms with Crippen molar-refractivity contribution in [3.8, 4) is 0 Å². The maximum atomic E-state index is 12.3. The number of hydrogen-bond donors (Lipinski definition) is 1. The average molecular weight is 247 g/mol. The number of nitrogens with two attached hydrogens (primary N) is 1. The minimum absolute atomic E-state index is 0.0834. The van der Waals surface area contributed by atoms with Crippen molar-refractivity contribution in [1.29, 1.82) is 0 Å². The van der Waals surface area contributed by atoms with Crippen LogP contribution in [0.3, 0.4) is 0 Å². The topological polar surface area (TPSA) is 49.6 Å². The number of nitrogens with zero attached hydrogens (tertiary/aromatic N) is 2. The summed E-state index contributed by atoms with van der Waals surface area (Å²) >= 11 is 0. The second-order valence-corrected chi connectivity index (χ2v) is 5.29. The first-order valence-electron chi connectivity index (χ1n) is 6.31. The molecule has 1 aliphatic rings. The molecule has 0 radical (unpaired) electrons. The molecule has 1 aliphatic heterocycles. The summed E-state index contributed by atoms with van der Waals surface area (Å²) in [6.45, 7) is 3.51. The van der Waals surface area contributed by atoms with E-state index in [4.69, 9.17) is 5.73 Å². The number of rotatable bonds is 2. The molecule has 1 aromatic rings. The smallest absolute Gasteiger partial charge is 0.253 e. The fraction of sp³-hybridized carbons (Fsp3) is 0.500. The van der Waals surface area contributed by atoms with E-state index in [-0.39, 0.29) is 11.9 Å². The second-order valence-electron chi connectivity index (χ2n) is 5.29. The highest BCUT2D eigenvalue weighted by atomic mass is 16.2. The molecule has 1 aromatic carbocycles. The molecule has 18 heavy (non-hydrogen) atoms. The fourth-order valence-electron chi connectivity index (χ4n) is 2.24. The summed E-state index contributed by atoms with van der Waals surface area (Å²) in [6, 6.07) is 7.80. The lowest BCUT2D eigenvalue weighted by Gasteiger charge is -2.17. The van der Waals surface area contributed by atoms with Gasteiger partial charge in [0.25, 0.3) is 5.91 Å². The summed E-state index contributed by atoms with van der Waals surface area (Å²) in [4.78, 5) is 16.1. The maximum Gasteiger partial charge on any atom is 0.253 e. The number of anilines is 1. The molecule has 2 N–H and O–H groups in total. The van der Waals surface area contributed by atoms with Crippen LogP contribution in [0.2, 0.25) is 0 Å². The maximum absolute atomic E-state index is 12.3. The quantitative estimate of drug-likeness (QED) is 0.853. The fourth-order valence-corrected chi connectivity index (χ4v) is 2.24. The molecule has 1 saturated heterocycles. The van der Waals surface area contributed by atoms with Crippen LogP contribution in [0, 0.1) is 5.92 Å². The van der Waals surface area contributed by atoms with Crippen molar-refractivity contribution in [2.24, 2.45) is 11.7 Å². The largest absolute Gasteiger partial charge is 0.378 e. The van der Waals surface area contributed by atoms with Gasteiger partial charge < -0.3 is 15.5 Å². The van der Waals surface area contributed by atoms with Gasteiger partial charge in [0, 0.05) is 44.5 Å². The number of carbonyl (C=O) groups excluding carboxylic acids is 1. The molecule has 1 heterocycles. The van der Waals surface area contributed by atoms with Crippen LogP contribution in [-0.2, 0) is 0 Å². The molecule has 1 fully saturated rings. The van der Waals surface area contributed by atoms with Crippen LogP contribution in [0.25, 0.3) is 0 Å². The van der Waals surface area contributed by atoms with E-state index in [1.807, 2.05) is 48.2 Å². The molecule has 1 amide bonds. The van der Waals surface area contributed by atoms with Gasteiger partial charge in [0.05, 0.1) is 0 Å². The summed E-state index contributed by atoms with van der Waals surface area (Å²) < 4.78 is 0. The summed E-state index contributed by atoms with van der Waals surface area (Å²) in [5.74, 6) is 0.468. The predicted molar refractivity (Wildman–Crippen MR) is 73.8 cm³/mol. The molecule has 2 atom stereocenters. The zero-order valence-electron chi connectivity index (χ0n) is 11.3. The predicted octanol–water partition coefficient (Wildman–Crippen LogP) is 1.17. The molecule has 0 saturated carbocycles. The number of hydrogen-bond acceptors (Lipinski definition) is 3. The van der Waals surface area contributed by atoms with Gasteiger partial charge in [-0.05, 0) is 30.2 Å². The van der Waals surface area contributed by atoms with Crippen molar-refractivity contribution in [3.63, 3.8) is 0 Å². The van der Waals surface area contributed by atoms with Gasteiger partial charge in [-0.1, -0.05) is 6.92 Å². The Morgan fingerprint density at radius 1 is 1.28 bits per heavy atom. The Morgan fingerprint density at radius 2 is 1.89 bits per heavy atom. The number of benzene rings is 1. The molecule has 4 nitrogen and oxygen atoms in total. The van der Waals surface area contributed by atoms with Gasteiger partial charge in [-0.3, -0.25) is 4.79 Å². The first-order chi connectivity index (χ1) is 8.49. The molecular weight excluding hydrogens is 226 g/mol. The van der Waals surface area contributed by atoms with E-state index in [2.05, 4.69) is 6.92 Å². The summed E-state index contributed by atoms with van der Waals surface area (Å²) in [6.07, 6.45) is 0. The Morgan fingerprint density at radius 3 is 2.33 bits per heavy atom. The lowest BCUT2D eigenvalue weighted by atomic mass is 10.1. The third-order valence-electron chi connectivity index (χ3n) is 3.59. The van der Waals surface area contributed by atoms with Crippen LogP contribution in [-0.4, -0.2) is 44.0 Å². The van der Waals surface area contributed by atoms with Crippen molar-refractivity contribution in [2.45, 2.75) is 13.0 Å². The lowest BCUT2D eigenvalue weighted by molar-refractivity contribution is 0.0787. The Hall–Kier alpha value is -1.55. The molecule has 4 heteroatoms. The SMILES string of the molecule is CC1CN(C(=O)c2ccc(N(C)C)cc2)CC1N. The number of amides is 1. The van der Waals surface area contributed by atoms with Gasteiger partial charge in [0.15, 0.2) is 0 Å². The van der Waals surface area contributed by atoms with E-state index < -0.39 is 0 Å². The molecule has 0 aliphatic carbocycles. The molecule has 2 unspecified atom stereocenters. The van der Waals surface area contributed by atoms with Gasteiger partial charge in [0.2, 0.25) is 0 Å². The summed E-state index contributed by atoms with van der Waals surface area (Å²) in [5, 5.41) is 0. The van der Waals surface area contributed by atoms with E-state index in [0.717, 1.165) is 17.8 Å². The number of likely N-dealkylation sites (tertiary alicyclic amines) is 1. The molecule has 0 aromatic heterocycles. The summed E-state index contributed by atoms with van der Waals surface area (Å²) in [5.41, 5.74) is 7.78. The van der Waals surface area contributed by atoms with Crippen LogP contribution in [0.4, 0.5) is 5.69 Å². The molecular formula is C14H21N3O. The monoisotopic (exact) mass is 247 g/mol. The minimum Gasteiger partial charge on any atom is -0.378 e. The van der Waals surface area contributed by atoms with Gasteiger partial charge in [-0.2, -0.15) is 0 Å². The van der Waals surface area contributed by atoms with E-state index in [9.17, 15) is 4.79 Å². The standard InChI is InChI=1S/C14H21N3O/c1-10-8-17(9-13(10)15)14(18)11-4-6-12(7-5-11)16(2)3/h4-7,10,13H,8-9,15H2,1-3H3. The third kappa shape index (κ3) is 2.48. The van der Waals surface area contributed by atoms with Crippen LogP contribution < -0.4 is 10.6 Å². The highest BCUT2D eigenvalue weighted by molar-refractivity contribution is 5.94. The van der Waals surface area contributed by atoms with E-state index in [1.165, 1.54) is 0 Å². The Kier molecular flexibility index (Phi) is 3.57. The second kappa shape index (κ2) is 4.98. The third-order valence-corrected chi connectivity index (χ3v) is 3.59. The first kappa shape index (κ1) is 12.9. The Labute approximate surface area is 108 Å². The Bertz CT molecular complexity index is 417. The van der Waals surface area contributed by atoms with Crippen LogP contribution in [0.5, 0.6) is 0 Å². The zero-order valence-corrected chi connectivity index (χ0v) is 11.3.